The van der Waals surface area contributed by atoms with E-state index in [1.165, 1.54) is 17.8 Å². The van der Waals surface area contributed by atoms with Gasteiger partial charge in [0.2, 0.25) is 0 Å². The van der Waals surface area contributed by atoms with Crippen LogP contribution >= 0.6 is 11.3 Å². The minimum Gasteiger partial charge on any atom is -0.369 e. The third-order valence-electron chi connectivity index (χ3n) is 2.72. The molecule has 0 spiro atoms. The topological polar surface area (TPSA) is 34.2 Å². The van der Waals surface area contributed by atoms with E-state index >= 15 is 0 Å². The summed E-state index contributed by atoms with van der Waals surface area (Å²) in [5.41, 5.74) is 1.13. The highest BCUT2D eigenvalue weighted by Crippen LogP contribution is 2.42. The number of nitrogens with one attached hydrogen (secondary N) is 1. The molecule has 3 rings (SSSR count). The van der Waals surface area contributed by atoms with Crippen molar-refractivity contribution in [2.45, 2.75) is 24.9 Å². The average Bonchev–Trinajstić information content (AvgIpc) is 2.98. The maximum Gasteiger partial charge on any atom is 0.113 e. The summed E-state index contributed by atoms with van der Waals surface area (Å²) in [4.78, 5) is 4.65. The highest BCUT2D eigenvalue weighted by Gasteiger charge is 2.28. The molecule has 1 aromatic rings. The van der Waals surface area contributed by atoms with Crippen LogP contribution in [-0.4, -0.2) is 24.7 Å². The predicted octanol–water partition coefficient (Wildman–Crippen LogP) is 1.68. The van der Waals surface area contributed by atoms with Crippen LogP contribution in [0.15, 0.2) is 5.38 Å². The molecule has 4 heteroatoms. The molecule has 1 aromatic heterocycles. The van der Waals surface area contributed by atoms with Gasteiger partial charge in [-0.25, -0.2) is 4.98 Å². The van der Waals surface area contributed by atoms with Gasteiger partial charge in [-0.3, -0.25) is 0 Å². The van der Waals surface area contributed by atoms with E-state index in [2.05, 4.69) is 15.7 Å². The largest absolute Gasteiger partial charge is 0.369 e. The van der Waals surface area contributed by atoms with Gasteiger partial charge in [-0.1, -0.05) is 0 Å². The van der Waals surface area contributed by atoms with Crippen LogP contribution in [0.5, 0.6) is 0 Å². The van der Waals surface area contributed by atoms with Crippen molar-refractivity contribution in [3.05, 3.63) is 16.1 Å². The molecule has 3 nitrogen and oxygen atoms in total. The average molecular weight is 210 g/mol. The molecule has 14 heavy (non-hydrogen) atoms. The lowest BCUT2D eigenvalue weighted by Gasteiger charge is -2.21. The zero-order valence-electron chi connectivity index (χ0n) is 8.03. The molecule has 1 unspecified atom stereocenters. The number of morpholine rings is 1. The van der Waals surface area contributed by atoms with Crippen LogP contribution in [0.25, 0.3) is 0 Å². The van der Waals surface area contributed by atoms with Crippen molar-refractivity contribution in [3.8, 4) is 0 Å². The van der Waals surface area contributed by atoms with Crippen LogP contribution in [-0.2, 0) is 4.74 Å². The summed E-state index contributed by atoms with van der Waals surface area (Å²) in [5.74, 6) is 0.769. The molecular weight excluding hydrogens is 196 g/mol. The Morgan fingerprint density at radius 2 is 2.43 bits per heavy atom. The van der Waals surface area contributed by atoms with Gasteiger partial charge in [-0.2, -0.15) is 0 Å². The standard InChI is InChI=1S/C10H14N2OS/c1-2-7(1)10-12-8(6-14-10)9-5-11-3-4-13-9/h6-7,9,11H,1-5H2. The highest BCUT2D eigenvalue weighted by atomic mass is 32.1. The second-order valence-corrected chi connectivity index (χ2v) is 4.84. The van der Waals surface area contributed by atoms with E-state index in [9.17, 15) is 0 Å². The fourth-order valence-electron chi connectivity index (χ4n) is 1.72. The summed E-state index contributed by atoms with van der Waals surface area (Å²) in [6.45, 7) is 2.69. The number of nitrogens with zero attached hydrogens (tertiary/aromatic N) is 1. The number of ether oxygens (including phenoxy) is 1. The maximum atomic E-state index is 5.66. The molecule has 1 aliphatic heterocycles. The zero-order chi connectivity index (χ0) is 9.38. The van der Waals surface area contributed by atoms with E-state index in [1.807, 2.05) is 0 Å². The number of hydrogen-bond donors (Lipinski definition) is 1. The number of aromatic nitrogens is 1. The molecule has 76 valence electrons. The predicted molar refractivity (Wildman–Crippen MR) is 55.7 cm³/mol. The van der Waals surface area contributed by atoms with Crippen LogP contribution in [0, 0.1) is 0 Å². The second-order valence-electron chi connectivity index (χ2n) is 3.95. The Bertz CT molecular complexity index is 316. The van der Waals surface area contributed by atoms with Crippen molar-refractivity contribution in [1.82, 2.24) is 10.3 Å². The summed E-state index contributed by atoms with van der Waals surface area (Å²) in [7, 11) is 0. The van der Waals surface area contributed by atoms with Crippen molar-refractivity contribution in [2.24, 2.45) is 0 Å². The number of thiazole rings is 1. The highest BCUT2D eigenvalue weighted by molar-refractivity contribution is 7.09. The van der Waals surface area contributed by atoms with Crippen LogP contribution in [0.4, 0.5) is 0 Å². The molecule has 1 aliphatic carbocycles. The smallest absolute Gasteiger partial charge is 0.113 e. The Kier molecular flexibility index (Phi) is 2.27. The molecule has 2 aliphatic rings. The molecule has 2 fully saturated rings. The fourth-order valence-corrected chi connectivity index (χ4v) is 2.75. The third-order valence-corrected chi connectivity index (χ3v) is 3.75. The van der Waals surface area contributed by atoms with Gasteiger partial charge in [0.1, 0.15) is 6.10 Å². The van der Waals surface area contributed by atoms with Crippen molar-refractivity contribution in [3.63, 3.8) is 0 Å². The minimum atomic E-state index is 0.187. The van der Waals surface area contributed by atoms with Crippen molar-refractivity contribution < 1.29 is 4.74 Å². The van der Waals surface area contributed by atoms with E-state index < -0.39 is 0 Å². The van der Waals surface area contributed by atoms with Crippen molar-refractivity contribution in [2.75, 3.05) is 19.7 Å². The minimum absolute atomic E-state index is 0.187. The first-order valence-electron chi connectivity index (χ1n) is 5.21. The van der Waals surface area contributed by atoms with E-state index in [-0.39, 0.29) is 6.10 Å². The second kappa shape index (κ2) is 3.61. The van der Waals surface area contributed by atoms with Crippen molar-refractivity contribution in [1.29, 1.82) is 0 Å². The van der Waals surface area contributed by atoms with Crippen LogP contribution < -0.4 is 5.32 Å². The first kappa shape index (κ1) is 8.83. The Hall–Kier alpha value is -0.450. The van der Waals surface area contributed by atoms with E-state index in [0.717, 1.165) is 31.3 Å². The lowest BCUT2D eigenvalue weighted by Crippen LogP contribution is -2.33. The summed E-state index contributed by atoms with van der Waals surface area (Å²) >= 11 is 1.79. The van der Waals surface area contributed by atoms with Gasteiger partial charge in [0.15, 0.2) is 0 Å². The Morgan fingerprint density at radius 1 is 1.50 bits per heavy atom. The van der Waals surface area contributed by atoms with Crippen molar-refractivity contribution >= 4 is 11.3 Å². The molecular formula is C10H14N2OS. The molecule has 0 aromatic carbocycles. The van der Waals surface area contributed by atoms with Gasteiger partial charge in [0.25, 0.3) is 0 Å². The fraction of sp³-hybridized carbons (Fsp3) is 0.700. The zero-order valence-corrected chi connectivity index (χ0v) is 8.85. The quantitative estimate of drug-likeness (QED) is 0.806. The van der Waals surface area contributed by atoms with Gasteiger partial charge in [0, 0.05) is 24.4 Å². The van der Waals surface area contributed by atoms with E-state index in [0.29, 0.717) is 0 Å². The molecule has 1 saturated heterocycles. The molecule has 1 saturated carbocycles. The molecule has 1 N–H and O–H groups in total. The lowest BCUT2D eigenvalue weighted by atomic mass is 10.2. The van der Waals surface area contributed by atoms with Crippen LogP contribution in [0.1, 0.15) is 35.6 Å². The SMILES string of the molecule is c1sc(C2CC2)nc1C1CNCCO1. The summed E-state index contributed by atoms with van der Waals surface area (Å²) in [5, 5.41) is 6.80. The van der Waals surface area contributed by atoms with E-state index in [4.69, 9.17) is 4.74 Å². The summed E-state index contributed by atoms with van der Waals surface area (Å²) in [6.07, 6.45) is 2.85. The Morgan fingerprint density at radius 3 is 3.14 bits per heavy atom. The number of rotatable bonds is 2. The first-order chi connectivity index (χ1) is 6.93. The Labute approximate surface area is 87.5 Å². The Balaban J connectivity index is 1.74. The van der Waals surface area contributed by atoms with Gasteiger partial charge in [0.05, 0.1) is 17.3 Å². The summed E-state index contributed by atoms with van der Waals surface area (Å²) < 4.78 is 5.66. The van der Waals surface area contributed by atoms with Crippen LogP contribution in [0.3, 0.4) is 0 Å². The molecule has 0 radical (unpaired) electrons. The molecule has 2 heterocycles. The lowest BCUT2D eigenvalue weighted by molar-refractivity contribution is 0.0253. The van der Waals surface area contributed by atoms with Gasteiger partial charge < -0.3 is 10.1 Å². The molecule has 0 bridgehead atoms. The van der Waals surface area contributed by atoms with Crippen LogP contribution in [0.2, 0.25) is 0 Å². The number of hydrogen-bond acceptors (Lipinski definition) is 4. The normalized spacial score (nSPS) is 27.9. The monoisotopic (exact) mass is 210 g/mol. The van der Waals surface area contributed by atoms with Gasteiger partial charge in [-0.15, -0.1) is 11.3 Å². The third kappa shape index (κ3) is 1.69. The van der Waals surface area contributed by atoms with Gasteiger partial charge >= 0.3 is 0 Å². The molecule has 0 amide bonds. The maximum absolute atomic E-state index is 5.66. The first-order valence-corrected chi connectivity index (χ1v) is 6.09. The summed E-state index contributed by atoms with van der Waals surface area (Å²) in [6, 6.07) is 0. The van der Waals surface area contributed by atoms with Gasteiger partial charge in [-0.05, 0) is 12.8 Å². The van der Waals surface area contributed by atoms with E-state index in [1.54, 1.807) is 11.3 Å². The molecule has 1 atom stereocenters.